The highest BCUT2D eigenvalue weighted by molar-refractivity contribution is 5.58. The van der Waals surface area contributed by atoms with Gasteiger partial charge in [-0.05, 0) is 24.6 Å². The first-order valence-electron chi connectivity index (χ1n) is 5.38. The lowest BCUT2D eigenvalue weighted by Gasteiger charge is -2.08. The minimum absolute atomic E-state index is 0.670. The Kier molecular flexibility index (Phi) is 3.36. The van der Waals surface area contributed by atoms with Crippen molar-refractivity contribution in [2.75, 3.05) is 11.9 Å². The molecule has 0 spiro atoms. The van der Waals surface area contributed by atoms with Gasteiger partial charge in [0.2, 0.25) is 0 Å². The number of hydrogen-bond acceptors (Lipinski definition) is 4. The third-order valence-corrected chi connectivity index (χ3v) is 2.42. The third kappa shape index (κ3) is 2.82. The van der Waals surface area contributed by atoms with E-state index in [0.29, 0.717) is 12.1 Å². The van der Waals surface area contributed by atoms with E-state index in [2.05, 4.69) is 21.7 Å². The highest BCUT2D eigenvalue weighted by Gasteiger charge is 2.01. The number of nitrogens with zero attached hydrogens (tertiary/aromatic N) is 4. The first-order chi connectivity index (χ1) is 8.29. The molecule has 0 unspecified atom stereocenters. The van der Waals surface area contributed by atoms with Crippen molar-refractivity contribution in [3.63, 3.8) is 0 Å². The largest absolute Gasteiger partial charge is 0.382 e. The summed E-state index contributed by atoms with van der Waals surface area (Å²) in [6, 6.07) is 7.97. The van der Waals surface area contributed by atoms with Crippen LogP contribution in [-0.2, 0) is 6.54 Å². The van der Waals surface area contributed by atoms with E-state index in [4.69, 9.17) is 5.26 Å². The molecule has 0 saturated carbocycles. The van der Waals surface area contributed by atoms with Crippen molar-refractivity contribution in [3.05, 3.63) is 41.7 Å². The van der Waals surface area contributed by atoms with E-state index in [1.165, 1.54) is 0 Å². The molecule has 0 amide bonds. The van der Waals surface area contributed by atoms with Crippen molar-refractivity contribution in [2.24, 2.45) is 0 Å². The molecule has 2 aromatic rings. The van der Waals surface area contributed by atoms with Crippen LogP contribution in [0.3, 0.4) is 0 Å². The van der Waals surface area contributed by atoms with Gasteiger partial charge in [0, 0.05) is 12.7 Å². The second-order valence-electron chi connectivity index (χ2n) is 3.75. The lowest BCUT2D eigenvalue weighted by molar-refractivity contribution is 0.609. The minimum Gasteiger partial charge on any atom is -0.382 e. The van der Waals surface area contributed by atoms with Crippen LogP contribution in [0.2, 0.25) is 0 Å². The van der Waals surface area contributed by atoms with Gasteiger partial charge in [-0.25, -0.2) is 0 Å². The van der Waals surface area contributed by atoms with Crippen molar-refractivity contribution in [1.82, 2.24) is 15.0 Å². The molecule has 0 fully saturated rings. The Morgan fingerprint density at radius 2 is 2.35 bits per heavy atom. The minimum atomic E-state index is 0.670. The van der Waals surface area contributed by atoms with Crippen LogP contribution >= 0.6 is 0 Å². The summed E-state index contributed by atoms with van der Waals surface area (Å²) in [6.07, 6.45) is 3.45. The van der Waals surface area contributed by atoms with Gasteiger partial charge in [0.25, 0.3) is 0 Å². The van der Waals surface area contributed by atoms with Gasteiger partial charge >= 0.3 is 0 Å². The number of nitrogens with one attached hydrogen (secondary N) is 1. The third-order valence-electron chi connectivity index (χ3n) is 2.42. The maximum Gasteiger partial charge on any atom is 0.101 e. The van der Waals surface area contributed by atoms with E-state index in [1.54, 1.807) is 10.9 Å². The molecule has 1 aromatic heterocycles. The molecule has 1 heterocycles. The molecule has 1 N–H and O–H groups in total. The van der Waals surface area contributed by atoms with E-state index in [0.717, 1.165) is 17.8 Å². The molecular formula is C12H13N5. The Hall–Kier alpha value is -2.35. The van der Waals surface area contributed by atoms with Gasteiger partial charge in [0.15, 0.2) is 0 Å². The van der Waals surface area contributed by atoms with Crippen molar-refractivity contribution >= 4 is 5.69 Å². The van der Waals surface area contributed by atoms with E-state index in [9.17, 15) is 0 Å². The van der Waals surface area contributed by atoms with Crippen LogP contribution in [0.15, 0.2) is 30.6 Å². The molecule has 17 heavy (non-hydrogen) atoms. The SMILES string of the molecule is Cc1ccc(NCCn2ccnn2)c(C#N)c1. The number of aromatic nitrogens is 3. The van der Waals surface area contributed by atoms with Crippen molar-refractivity contribution < 1.29 is 0 Å². The van der Waals surface area contributed by atoms with Gasteiger partial charge in [0.1, 0.15) is 6.07 Å². The molecule has 0 bridgehead atoms. The smallest absolute Gasteiger partial charge is 0.101 e. The Morgan fingerprint density at radius 1 is 1.47 bits per heavy atom. The van der Waals surface area contributed by atoms with Crippen LogP contribution in [0.1, 0.15) is 11.1 Å². The molecule has 0 aliphatic carbocycles. The molecule has 86 valence electrons. The predicted octanol–water partition coefficient (Wildman–Crippen LogP) is 1.57. The number of aryl methyl sites for hydroxylation is 1. The van der Waals surface area contributed by atoms with E-state index < -0.39 is 0 Å². The second kappa shape index (κ2) is 5.12. The van der Waals surface area contributed by atoms with Crippen molar-refractivity contribution in [3.8, 4) is 6.07 Å². The van der Waals surface area contributed by atoms with Gasteiger partial charge in [-0.3, -0.25) is 4.68 Å². The summed E-state index contributed by atoms with van der Waals surface area (Å²) >= 11 is 0. The number of rotatable bonds is 4. The number of benzene rings is 1. The first-order valence-corrected chi connectivity index (χ1v) is 5.38. The van der Waals surface area contributed by atoms with Crippen molar-refractivity contribution in [2.45, 2.75) is 13.5 Å². The summed E-state index contributed by atoms with van der Waals surface area (Å²) in [6.45, 7) is 3.40. The quantitative estimate of drug-likeness (QED) is 0.861. The highest BCUT2D eigenvalue weighted by atomic mass is 15.4. The second-order valence-corrected chi connectivity index (χ2v) is 3.75. The van der Waals surface area contributed by atoms with Crippen LogP contribution in [0, 0.1) is 18.3 Å². The Labute approximate surface area is 99.7 Å². The number of anilines is 1. The lowest BCUT2D eigenvalue weighted by Crippen LogP contribution is -2.11. The average Bonchev–Trinajstić information content (AvgIpc) is 2.84. The summed E-state index contributed by atoms with van der Waals surface area (Å²) in [5.74, 6) is 0. The van der Waals surface area contributed by atoms with E-state index in [1.807, 2.05) is 31.3 Å². The van der Waals surface area contributed by atoms with E-state index in [-0.39, 0.29) is 0 Å². The van der Waals surface area contributed by atoms with Crippen LogP contribution in [0.25, 0.3) is 0 Å². The maximum absolute atomic E-state index is 9.01. The fourth-order valence-electron chi connectivity index (χ4n) is 1.56. The molecule has 0 aliphatic heterocycles. The van der Waals surface area contributed by atoms with Crippen LogP contribution in [0.4, 0.5) is 5.69 Å². The number of hydrogen-bond donors (Lipinski definition) is 1. The highest BCUT2D eigenvalue weighted by Crippen LogP contribution is 2.15. The van der Waals surface area contributed by atoms with Crippen LogP contribution < -0.4 is 5.32 Å². The van der Waals surface area contributed by atoms with Gasteiger partial charge in [-0.2, -0.15) is 5.26 Å². The Balaban J connectivity index is 1.97. The molecular weight excluding hydrogens is 214 g/mol. The lowest BCUT2D eigenvalue weighted by atomic mass is 10.1. The van der Waals surface area contributed by atoms with Gasteiger partial charge in [-0.1, -0.05) is 11.3 Å². The summed E-state index contributed by atoms with van der Waals surface area (Å²) in [5, 5.41) is 19.8. The molecule has 0 saturated heterocycles. The predicted molar refractivity (Wildman–Crippen MR) is 64.4 cm³/mol. The van der Waals surface area contributed by atoms with Crippen LogP contribution in [0.5, 0.6) is 0 Å². The van der Waals surface area contributed by atoms with Crippen molar-refractivity contribution in [1.29, 1.82) is 5.26 Å². The molecule has 5 heteroatoms. The van der Waals surface area contributed by atoms with Gasteiger partial charge in [0.05, 0.1) is 24.0 Å². The normalized spacial score (nSPS) is 9.88. The Morgan fingerprint density at radius 3 is 3.06 bits per heavy atom. The standard InChI is InChI=1S/C12H13N5/c1-10-2-3-12(11(8-10)9-13)14-4-6-17-7-5-15-16-17/h2-3,5,7-8,14H,4,6H2,1H3. The molecule has 0 aliphatic rings. The van der Waals surface area contributed by atoms with Crippen LogP contribution in [-0.4, -0.2) is 21.5 Å². The zero-order valence-corrected chi connectivity index (χ0v) is 9.59. The molecule has 0 radical (unpaired) electrons. The summed E-state index contributed by atoms with van der Waals surface area (Å²) in [7, 11) is 0. The van der Waals surface area contributed by atoms with Gasteiger partial charge in [-0.15, -0.1) is 5.10 Å². The first kappa shape index (κ1) is 11.1. The van der Waals surface area contributed by atoms with Gasteiger partial charge < -0.3 is 5.32 Å². The fourth-order valence-corrected chi connectivity index (χ4v) is 1.56. The molecule has 5 nitrogen and oxygen atoms in total. The zero-order chi connectivity index (χ0) is 12.1. The average molecular weight is 227 g/mol. The zero-order valence-electron chi connectivity index (χ0n) is 9.59. The monoisotopic (exact) mass is 227 g/mol. The summed E-state index contributed by atoms with van der Waals surface area (Å²) < 4.78 is 1.74. The summed E-state index contributed by atoms with van der Waals surface area (Å²) in [5.41, 5.74) is 2.62. The molecule has 2 rings (SSSR count). The molecule has 0 atom stereocenters. The molecule has 1 aromatic carbocycles. The fraction of sp³-hybridized carbons (Fsp3) is 0.250. The summed E-state index contributed by atoms with van der Waals surface area (Å²) in [4.78, 5) is 0. The Bertz CT molecular complexity index is 524. The topological polar surface area (TPSA) is 66.5 Å². The maximum atomic E-state index is 9.01. The number of nitriles is 1. The van der Waals surface area contributed by atoms with E-state index >= 15 is 0 Å².